The van der Waals surface area contributed by atoms with Crippen LogP contribution in [0.5, 0.6) is 5.75 Å². The van der Waals surface area contributed by atoms with Gasteiger partial charge in [-0.15, -0.1) is 0 Å². The van der Waals surface area contributed by atoms with Crippen molar-refractivity contribution in [3.63, 3.8) is 0 Å². The summed E-state index contributed by atoms with van der Waals surface area (Å²) in [5.41, 5.74) is 0.660. The lowest BCUT2D eigenvalue weighted by Gasteiger charge is -2.07. The normalized spacial score (nSPS) is 22.1. The van der Waals surface area contributed by atoms with Gasteiger partial charge in [-0.1, -0.05) is 29.3 Å². The summed E-state index contributed by atoms with van der Waals surface area (Å²) >= 11 is 12.1. The largest absolute Gasteiger partial charge is 0.495 e. The van der Waals surface area contributed by atoms with Gasteiger partial charge in [-0.25, -0.2) is 4.79 Å². The van der Waals surface area contributed by atoms with E-state index in [1.807, 2.05) is 0 Å². The van der Waals surface area contributed by atoms with Gasteiger partial charge in [-0.05, 0) is 6.07 Å². The van der Waals surface area contributed by atoms with Crippen LogP contribution in [0.15, 0.2) is 12.1 Å². The molecule has 4 nitrogen and oxygen atoms in total. The van der Waals surface area contributed by atoms with Crippen LogP contribution in [-0.4, -0.2) is 26.3 Å². The lowest BCUT2D eigenvalue weighted by molar-refractivity contribution is -0.142. The number of halogens is 2. The molecular formula is C11H10Cl2O4. The number of carbonyl (C=O) groups excluding carboxylic acids is 1. The molecule has 1 aliphatic heterocycles. The highest BCUT2D eigenvalue weighted by molar-refractivity contribution is 6.43. The number of ether oxygens (including phenoxy) is 3. The molecule has 0 N–H and O–H groups in total. The van der Waals surface area contributed by atoms with Crippen LogP contribution in [0.4, 0.5) is 0 Å². The van der Waals surface area contributed by atoms with E-state index in [4.69, 9.17) is 32.7 Å². The highest BCUT2D eigenvalue weighted by Gasteiger charge is 2.48. The molecule has 0 radical (unpaired) electrons. The third-order valence-electron chi connectivity index (χ3n) is 2.53. The molecule has 1 aromatic carbocycles. The number of hydrogen-bond acceptors (Lipinski definition) is 4. The maximum Gasteiger partial charge on any atom is 0.338 e. The highest BCUT2D eigenvalue weighted by Crippen LogP contribution is 2.46. The Morgan fingerprint density at radius 2 is 2.00 bits per heavy atom. The number of carbonyl (C=O) groups is 1. The van der Waals surface area contributed by atoms with Crippen molar-refractivity contribution in [1.29, 1.82) is 0 Å². The average Bonchev–Trinajstić information content (AvgIpc) is 3.11. The number of hydrogen-bond donors (Lipinski definition) is 0. The van der Waals surface area contributed by atoms with E-state index in [-0.39, 0.29) is 0 Å². The standard InChI is InChI=1S/C11H10Cl2O4/c1-15-6-4-3-5(7(12)8(6)13)9-10(17-9)11(14)16-2/h3-4,9-10H,1-2H3. The molecule has 1 aromatic rings. The first-order chi connectivity index (χ1) is 8.10. The SMILES string of the molecule is COC(=O)C1OC1c1ccc(OC)c(Cl)c1Cl. The summed E-state index contributed by atoms with van der Waals surface area (Å²) in [6.45, 7) is 0. The number of rotatable bonds is 3. The number of esters is 1. The molecular weight excluding hydrogens is 267 g/mol. The fourth-order valence-electron chi connectivity index (χ4n) is 1.57. The van der Waals surface area contributed by atoms with Gasteiger partial charge in [0.15, 0.2) is 6.10 Å². The van der Waals surface area contributed by atoms with Gasteiger partial charge >= 0.3 is 5.97 Å². The van der Waals surface area contributed by atoms with Crippen LogP contribution in [-0.2, 0) is 14.3 Å². The molecule has 0 bridgehead atoms. The van der Waals surface area contributed by atoms with Crippen molar-refractivity contribution in [3.8, 4) is 5.75 Å². The van der Waals surface area contributed by atoms with E-state index >= 15 is 0 Å². The summed E-state index contributed by atoms with van der Waals surface area (Å²) in [4.78, 5) is 11.2. The third kappa shape index (κ3) is 2.20. The molecule has 2 atom stereocenters. The zero-order chi connectivity index (χ0) is 12.6. The molecule has 1 aliphatic rings. The monoisotopic (exact) mass is 276 g/mol. The Hall–Kier alpha value is -0.970. The van der Waals surface area contributed by atoms with Crippen molar-refractivity contribution in [2.24, 2.45) is 0 Å². The van der Waals surface area contributed by atoms with Crippen LogP contribution in [0.3, 0.4) is 0 Å². The third-order valence-corrected chi connectivity index (χ3v) is 3.41. The van der Waals surface area contributed by atoms with Crippen molar-refractivity contribution in [1.82, 2.24) is 0 Å². The average molecular weight is 277 g/mol. The molecule has 17 heavy (non-hydrogen) atoms. The van der Waals surface area contributed by atoms with E-state index in [0.717, 1.165) is 0 Å². The molecule has 6 heteroatoms. The predicted octanol–water partition coefficient (Wildman–Crippen LogP) is 2.61. The molecule has 0 saturated carbocycles. The van der Waals surface area contributed by atoms with Gasteiger partial charge in [-0.2, -0.15) is 0 Å². The maximum absolute atomic E-state index is 11.2. The molecule has 0 aromatic heterocycles. The summed E-state index contributed by atoms with van der Waals surface area (Å²) in [5, 5.41) is 0.646. The minimum absolute atomic E-state index is 0.311. The summed E-state index contributed by atoms with van der Waals surface area (Å²) in [6, 6.07) is 3.40. The Labute approximate surface area is 108 Å². The molecule has 0 spiro atoms. The Morgan fingerprint density at radius 3 is 2.59 bits per heavy atom. The zero-order valence-corrected chi connectivity index (χ0v) is 10.7. The second kappa shape index (κ2) is 4.72. The van der Waals surface area contributed by atoms with Gasteiger partial charge in [0.1, 0.15) is 16.9 Å². The first kappa shape index (κ1) is 12.5. The first-order valence-corrected chi connectivity index (χ1v) is 5.61. The van der Waals surface area contributed by atoms with Crippen LogP contribution < -0.4 is 4.74 Å². The Balaban J connectivity index is 2.25. The molecule has 0 amide bonds. The van der Waals surface area contributed by atoms with Crippen molar-refractivity contribution in [2.75, 3.05) is 14.2 Å². The van der Waals surface area contributed by atoms with E-state index < -0.39 is 18.2 Å². The number of methoxy groups -OCH3 is 2. The highest BCUT2D eigenvalue weighted by atomic mass is 35.5. The minimum Gasteiger partial charge on any atom is -0.495 e. The molecule has 1 heterocycles. The van der Waals surface area contributed by atoms with Gasteiger partial charge < -0.3 is 14.2 Å². The van der Waals surface area contributed by atoms with Crippen molar-refractivity contribution in [3.05, 3.63) is 27.7 Å². The Kier molecular flexibility index (Phi) is 3.47. The Bertz CT molecular complexity index is 461. The van der Waals surface area contributed by atoms with Gasteiger partial charge in [0, 0.05) is 5.56 Å². The molecule has 0 aliphatic carbocycles. The van der Waals surface area contributed by atoms with E-state index in [2.05, 4.69) is 4.74 Å². The fourth-order valence-corrected chi connectivity index (χ4v) is 2.08. The smallest absolute Gasteiger partial charge is 0.338 e. The fraction of sp³-hybridized carbons (Fsp3) is 0.364. The molecule has 1 fully saturated rings. The quantitative estimate of drug-likeness (QED) is 0.629. The van der Waals surface area contributed by atoms with Crippen molar-refractivity contribution >= 4 is 29.2 Å². The van der Waals surface area contributed by atoms with Crippen molar-refractivity contribution in [2.45, 2.75) is 12.2 Å². The second-order valence-electron chi connectivity index (χ2n) is 3.49. The summed E-state index contributed by atoms with van der Waals surface area (Å²) in [7, 11) is 2.81. The summed E-state index contributed by atoms with van der Waals surface area (Å²) in [5.74, 6) is 0.0636. The molecule has 2 rings (SSSR count). The van der Waals surface area contributed by atoms with Gasteiger partial charge in [0.05, 0.1) is 19.2 Å². The molecule has 1 saturated heterocycles. The van der Waals surface area contributed by atoms with Crippen LogP contribution in [0.2, 0.25) is 10.0 Å². The predicted molar refractivity (Wildman–Crippen MR) is 62.6 cm³/mol. The zero-order valence-electron chi connectivity index (χ0n) is 9.20. The minimum atomic E-state index is -0.595. The first-order valence-electron chi connectivity index (χ1n) is 4.85. The van der Waals surface area contributed by atoms with Crippen LogP contribution in [0, 0.1) is 0 Å². The van der Waals surface area contributed by atoms with E-state index in [9.17, 15) is 4.79 Å². The van der Waals surface area contributed by atoms with E-state index in [1.54, 1.807) is 12.1 Å². The van der Waals surface area contributed by atoms with Crippen molar-refractivity contribution < 1.29 is 19.0 Å². The number of benzene rings is 1. The Morgan fingerprint density at radius 1 is 1.29 bits per heavy atom. The summed E-state index contributed by atoms with van der Waals surface area (Å²) in [6.07, 6.45) is -0.986. The van der Waals surface area contributed by atoms with Gasteiger partial charge in [0.25, 0.3) is 0 Å². The second-order valence-corrected chi connectivity index (χ2v) is 4.24. The molecule has 92 valence electrons. The lowest BCUT2D eigenvalue weighted by Crippen LogP contribution is -2.09. The van der Waals surface area contributed by atoms with E-state index in [0.29, 0.717) is 21.4 Å². The maximum atomic E-state index is 11.2. The van der Waals surface area contributed by atoms with Crippen LogP contribution >= 0.6 is 23.2 Å². The van der Waals surface area contributed by atoms with E-state index in [1.165, 1.54) is 14.2 Å². The summed E-state index contributed by atoms with van der Waals surface area (Å²) < 4.78 is 14.8. The molecule has 2 unspecified atom stereocenters. The number of epoxide rings is 1. The van der Waals surface area contributed by atoms with Gasteiger partial charge in [0.2, 0.25) is 0 Å². The van der Waals surface area contributed by atoms with Crippen LogP contribution in [0.1, 0.15) is 11.7 Å². The van der Waals surface area contributed by atoms with Crippen LogP contribution in [0.25, 0.3) is 0 Å². The lowest BCUT2D eigenvalue weighted by atomic mass is 10.1. The van der Waals surface area contributed by atoms with Gasteiger partial charge in [-0.3, -0.25) is 0 Å². The topological polar surface area (TPSA) is 48.1 Å².